The Morgan fingerprint density at radius 2 is 1.62 bits per heavy atom. The van der Waals surface area contributed by atoms with Gasteiger partial charge in [0.25, 0.3) is 5.91 Å². The molecule has 1 aliphatic rings. The van der Waals surface area contributed by atoms with Gasteiger partial charge in [-0.25, -0.2) is 9.97 Å². The van der Waals surface area contributed by atoms with Gasteiger partial charge >= 0.3 is 0 Å². The van der Waals surface area contributed by atoms with Crippen LogP contribution in [0.5, 0.6) is 0 Å². The van der Waals surface area contributed by atoms with Gasteiger partial charge < -0.3 is 10.2 Å². The molecular weight excluding hydrogens is 366 g/mol. The minimum absolute atomic E-state index is 0.0750. The summed E-state index contributed by atoms with van der Waals surface area (Å²) < 4.78 is 0. The van der Waals surface area contributed by atoms with Crippen molar-refractivity contribution in [3.63, 3.8) is 0 Å². The number of carbonyl (C=O) groups excluding carboxylic acids is 2. The fourth-order valence-corrected chi connectivity index (χ4v) is 3.46. The van der Waals surface area contributed by atoms with Gasteiger partial charge in [0.05, 0.1) is 11.0 Å². The van der Waals surface area contributed by atoms with Crippen molar-refractivity contribution >= 4 is 34.5 Å². The average molecular weight is 389 g/mol. The molecule has 0 aliphatic carbocycles. The first kappa shape index (κ1) is 18.9. The van der Waals surface area contributed by atoms with E-state index >= 15 is 0 Å². The smallest absolute Gasteiger partial charge is 0.251 e. The maximum Gasteiger partial charge on any atom is 0.251 e. The first-order chi connectivity index (χ1) is 14.0. The summed E-state index contributed by atoms with van der Waals surface area (Å²) in [5.74, 6) is 1.04. The highest BCUT2D eigenvalue weighted by atomic mass is 16.2. The third-order valence-electron chi connectivity index (χ3n) is 5.13. The van der Waals surface area contributed by atoms with Crippen LogP contribution in [0.15, 0.2) is 48.5 Å². The number of aryl methyl sites for hydroxylation is 1. The summed E-state index contributed by atoms with van der Waals surface area (Å²) in [7, 11) is 1.95. The van der Waals surface area contributed by atoms with E-state index in [1.54, 1.807) is 11.0 Å². The Hall–Kier alpha value is -3.48. The molecule has 1 aliphatic heterocycles. The number of aromatic nitrogens is 2. The summed E-state index contributed by atoms with van der Waals surface area (Å²) in [6.07, 6.45) is 0.204. The summed E-state index contributed by atoms with van der Waals surface area (Å²) in [5, 5.41) is 2.84. The van der Waals surface area contributed by atoms with Crippen LogP contribution in [0, 0.1) is 6.92 Å². The fraction of sp³-hybridized carbons (Fsp3) is 0.273. The Bertz CT molecular complexity index is 1080. The highest BCUT2D eigenvalue weighted by molar-refractivity contribution is 5.98. The van der Waals surface area contributed by atoms with Crippen LogP contribution in [0.25, 0.3) is 11.0 Å². The molecule has 0 unspecified atom stereocenters. The number of rotatable bonds is 4. The lowest BCUT2D eigenvalue weighted by molar-refractivity contribution is -0.118. The van der Waals surface area contributed by atoms with Crippen molar-refractivity contribution in [3.8, 4) is 0 Å². The second-order valence-corrected chi connectivity index (χ2v) is 7.15. The fourth-order valence-electron chi connectivity index (χ4n) is 3.46. The molecule has 0 saturated heterocycles. The maximum absolute atomic E-state index is 12.9. The van der Waals surface area contributed by atoms with Gasteiger partial charge in [0, 0.05) is 38.7 Å². The molecule has 1 aromatic heterocycles. The topological polar surface area (TPSA) is 78.4 Å². The number of hydrogen-bond acceptors (Lipinski definition) is 5. The van der Waals surface area contributed by atoms with Crippen molar-refractivity contribution < 1.29 is 9.59 Å². The van der Waals surface area contributed by atoms with E-state index in [-0.39, 0.29) is 24.8 Å². The number of fused-ring (bicyclic) bond motifs is 2. The Labute approximate surface area is 169 Å². The van der Waals surface area contributed by atoms with Crippen LogP contribution >= 0.6 is 0 Å². The van der Waals surface area contributed by atoms with Gasteiger partial charge in [-0.1, -0.05) is 30.3 Å². The van der Waals surface area contributed by atoms with Crippen LogP contribution in [0.3, 0.4) is 0 Å². The average Bonchev–Trinajstić information content (AvgIpc) is 2.73. The summed E-state index contributed by atoms with van der Waals surface area (Å²) in [5.41, 5.74) is 3.10. The van der Waals surface area contributed by atoms with E-state index in [9.17, 15) is 9.59 Å². The Morgan fingerprint density at radius 1 is 0.966 bits per heavy atom. The number of carbonyl (C=O) groups is 2. The van der Waals surface area contributed by atoms with Crippen LogP contribution in [0.4, 0.5) is 11.6 Å². The van der Waals surface area contributed by atoms with E-state index in [4.69, 9.17) is 0 Å². The van der Waals surface area contributed by atoms with Crippen LogP contribution < -0.4 is 15.1 Å². The molecule has 0 saturated carbocycles. The number of likely N-dealkylation sites (N-methyl/N-ethyl adjacent to an activating group) is 1. The molecule has 148 valence electrons. The standard InChI is InChI=1S/C22H23N5O2/c1-15-7-3-4-8-16(15)22(29)23-12-11-19(28)27-14-13-26(2)20-21(27)25-18-10-6-5-9-17(18)24-20/h3-10H,11-14H2,1-2H3,(H,23,29). The predicted octanol–water partition coefficient (Wildman–Crippen LogP) is 2.54. The van der Waals surface area contributed by atoms with Crippen molar-refractivity contribution in [1.82, 2.24) is 15.3 Å². The molecule has 2 aromatic carbocycles. The Kier molecular flexibility index (Phi) is 5.12. The van der Waals surface area contributed by atoms with Crippen molar-refractivity contribution in [3.05, 3.63) is 59.7 Å². The van der Waals surface area contributed by atoms with E-state index in [2.05, 4.69) is 15.3 Å². The number of nitrogens with one attached hydrogen (secondary N) is 1. The van der Waals surface area contributed by atoms with Crippen molar-refractivity contribution in [2.75, 3.05) is 36.5 Å². The first-order valence-corrected chi connectivity index (χ1v) is 9.66. The normalized spacial score (nSPS) is 13.3. The lowest BCUT2D eigenvalue weighted by Gasteiger charge is -2.33. The van der Waals surface area contributed by atoms with Gasteiger partial charge in [-0.05, 0) is 30.7 Å². The molecular formula is C22H23N5O2. The predicted molar refractivity (Wildman–Crippen MR) is 113 cm³/mol. The maximum atomic E-state index is 12.9. The molecule has 0 radical (unpaired) electrons. The molecule has 29 heavy (non-hydrogen) atoms. The monoisotopic (exact) mass is 389 g/mol. The molecule has 7 heteroatoms. The molecule has 1 N–H and O–H groups in total. The lowest BCUT2D eigenvalue weighted by Crippen LogP contribution is -2.44. The number of amides is 2. The van der Waals surface area contributed by atoms with E-state index in [1.807, 2.05) is 61.3 Å². The SMILES string of the molecule is Cc1ccccc1C(=O)NCCC(=O)N1CCN(C)c2nc3ccccc3nc21. The van der Waals surface area contributed by atoms with Gasteiger partial charge in [-0.2, -0.15) is 0 Å². The van der Waals surface area contributed by atoms with Gasteiger partial charge in [-0.3, -0.25) is 14.5 Å². The second-order valence-electron chi connectivity index (χ2n) is 7.15. The summed E-state index contributed by atoms with van der Waals surface area (Å²) >= 11 is 0. The number of anilines is 2. The van der Waals surface area contributed by atoms with Crippen molar-refractivity contribution in [1.29, 1.82) is 0 Å². The third-order valence-corrected chi connectivity index (χ3v) is 5.13. The molecule has 3 aromatic rings. The first-order valence-electron chi connectivity index (χ1n) is 9.66. The number of hydrogen-bond donors (Lipinski definition) is 1. The molecule has 0 atom stereocenters. The van der Waals surface area contributed by atoms with Crippen LogP contribution in [-0.4, -0.2) is 48.5 Å². The van der Waals surface area contributed by atoms with E-state index < -0.39 is 0 Å². The molecule has 0 bridgehead atoms. The molecule has 7 nitrogen and oxygen atoms in total. The quantitative estimate of drug-likeness (QED) is 0.742. The second kappa shape index (κ2) is 7.87. The summed E-state index contributed by atoms with van der Waals surface area (Å²) in [6.45, 7) is 3.39. The zero-order valence-corrected chi connectivity index (χ0v) is 16.6. The molecule has 4 rings (SSSR count). The molecule has 0 spiro atoms. The minimum Gasteiger partial charge on any atom is -0.355 e. The highest BCUT2D eigenvalue weighted by Crippen LogP contribution is 2.30. The number of benzene rings is 2. The zero-order chi connectivity index (χ0) is 20.4. The molecule has 2 amide bonds. The van der Waals surface area contributed by atoms with E-state index in [0.29, 0.717) is 30.3 Å². The minimum atomic E-state index is -0.166. The number of nitrogens with zero attached hydrogens (tertiary/aromatic N) is 4. The van der Waals surface area contributed by atoms with Crippen LogP contribution in [0.1, 0.15) is 22.3 Å². The Balaban J connectivity index is 1.47. The highest BCUT2D eigenvalue weighted by Gasteiger charge is 2.28. The van der Waals surface area contributed by atoms with Gasteiger partial charge in [0.2, 0.25) is 5.91 Å². The van der Waals surface area contributed by atoms with Gasteiger partial charge in [0.15, 0.2) is 11.6 Å². The van der Waals surface area contributed by atoms with E-state index in [0.717, 1.165) is 16.6 Å². The van der Waals surface area contributed by atoms with Crippen molar-refractivity contribution in [2.45, 2.75) is 13.3 Å². The van der Waals surface area contributed by atoms with Gasteiger partial charge in [-0.15, -0.1) is 0 Å². The van der Waals surface area contributed by atoms with Crippen LogP contribution in [0.2, 0.25) is 0 Å². The summed E-state index contributed by atoms with van der Waals surface area (Å²) in [6, 6.07) is 15.0. The van der Waals surface area contributed by atoms with Crippen LogP contribution in [-0.2, 0) is 4.79 Å². The van der Waals surface area contributed by atoms with Gasteiger partial charge in [0.1, 0.15) is 0 Å². The lowest BCUT2D eigenvalue weighted by atomic mass is 10.1. The van der Waals surface area contributed by atoms with E-state index in [1.165, 1.54) is 0 Å². The van der Waals surface area contributed by atoms with Crippen molar-refractivity contribution in [2.24, 2.45) is 0 Å². The Morgan fingerprint density at radius 3 is 2.34 bits per heavy atom. The largest absolute Gasteiger partial charge is 0.355 e. The number of para-hydroxylation sites is 2. The third kappa shape index (κ3) is 3.76. The molecule has 2 heterocycles. The molecule has 0 fully saturated rings. The summed E-state index contributed by atoms with van der Waals surface area (Å²) in [4.78, 5) is 38.3. The zero-order valence-electron chi connectivity index (χ0n) is 16.6.